The van der Waals surface area contributed by atoms with Gasteiger partial charge >= 0.3 is 0 Å². The minimum absolute atomic E-state index is 0.663. The van der Waals surface area contributed by atoms with Gasteiger partial charge in [0.05, 0.1) is 16.4 Å². The molecule has 0 bridgehead atoms. The van der Waals surface area contributed by atoms with Gasteiger partial charge in [0, 0.05) is 4.90 Å². The molecule has 2 nitrogen and oxygen atoms in total. The topological polar surface area (TPSA) is 36.1 Å². The number of isothiocyanates is 1. The maximum atomic E-state index is 8.74. The molecule has 0 fully saturated rings. The molecular weight excluding hydrogens is 200 g/mol. The van der Waals surface area contributed by atoms with Crippen LogP contribution in [0.25, 0.3) is 0 Å². The average molecular weight is 206 g/mol. The highest BCUT2D eigenvalue weighted by molar-refractivity contribution is 7.98. The van der Waals surface area contributed by atoms with Gasteiger partial charge in [0.15, 0.2) is 0 Å². The predicted molar refractivity (Wildman–Crippen MR) is 57.6 cm³/mol. The average Bonchev–Trinajstić information content (AvgIpc) is 2.18. The van der Waals surface area contributed by atoms with Crippen molar-refractivity contribution in [2.45, 2.75) is 4.90 Å². The van der Waals surface area contributed by atoms with E-state index >= 15 is 0 Å². The molecule has 4 heteroatoms. The molecule has 0 N–H and O–H groups in total. The van der Waals surface area contributed by atoms with E-state index in [0.29, 0.717) is 5.56 Å². The highest BCUT2D eigenvalue weighted by atomic mass is 32.2. The molecule has 0 spiro atoms. The first-order chi connectivity index (χ1) is 6.31. The fraction of sp³-hybridized carbons (Fsp3) is 0.111. The van der Waals surface area contributed by atoms with Gasteiger partial charge in [-0.25, -0.2) is 0 Å². The van der Waals surface area contributed by atoms with E-state index in [9.17, 15) is 0 Å². The fourth-order valence-electron chi connectivity index (χ4n) is 0.895. The van der Waals surface area contributed by atoms with Gasteiger partial charge in [0.2, 0.25) is 0 Å². The maximum Gasteiger partial charge on any atom is 0.100 e. The first kappa shape index (κ1) is 9.94. The number of hydrogen-bond donors (Lipinski definition) is 0. The first-order valence-electron chi connectivity index (χ1n) is 3.48. The lowest BCUT2D eigenvalue weighted by Crippen LogP contribution is -1.78. The summed E-state index contributed by atoms with van der Waals surface area (Å²) in [4.78, 5) is 4.74. The fourth-order valence-corrected chi connectivity index (χ4v) is 1.57. The number of aliphatic imine (C=N–C) groups is 1. The molecule has 64 valence electrons. The molecule has 0 saturated carbocycles. The summed E-state index contributed by atoms with van der Waals surface area (Å²) in [6.07, 6.45) is 1.92. The standard InChI is InChI=1S/C9H6N2S2/c1-13-9-4-8(11-6-12)3-2-7(9)5-10/h2-4H,1H3. The second-order valence-electron chi connectivity index (χ2n) is 2.20. The van der Waals surface area contributed by atoms with Gasteiger partial charge in [-0.1, -0.05) is 0 Å². The Morgan fingerprint density at radius 3 is 2.85 bits per heavy atom. The summed E-state index contributed by atoms with van der Waals surface area (Å²) >= 11 is 6.00. The van der Waals surface area contributed by atoms with Crippen molar-refractivity contribution in [3.05, 3.63) is 23.8 Å². The van der Waals surface area contributed by atoms with Gasteiger partial charge < -0.3 is 0 Å². The smallest absolute Gasteiger partial charge is 0.100 e. The van der Waals surface area contributed by atoms with Crippen molar-refractivity contribution in [1.29, 1.82) is 5.26 Å². The number of nitriles is 1. The molecule has 0 unspecified atom stereocenters. The van der Waals surface area contributed by atoms with Crippen LogP contribution in [-0.4, -0.2) is 11.4 Å². The zero-order valence-corrected chi connectivity index (χ0v) is 8.58. The molecule has 0 radical (unpaired) electrons. The molecule has 1 rings (SSSR count). The van der Waals surface area contributed by atoms with Crippen molar-refractivity contribution in [2.24, 2.45) is 4.99 Å². The number of thiocarbonyl (C=S) groups is 1. The van der Waals surface area contributed by atoms with Crippen LogP contribution in [0.4, 0.5) is 5.69 Å². The van der Waals surface area contributed by atoms with Crippen molar-refractivity contribution in [1.82, 2.24) is 0 Å². The van der Waals surface area contributed by atoms with Gasteiger partial charge in [0.1, 0.15) is 6.07 Å². The Morgan fingerprint density at radius 1 is 1.54 bits per heavy atom. The molecule has 0 aromatic heterocycles. The summed E-state index contributed by atoms with van der Waals surface area (Å²) in [7, 11) is 0. The van der Waals surface area contributed by atoms with Crippen LogP contribution >= 0.6 is 24.0 Å². The van der Waals surface area contributed by atoms with Gasteiger partial charge in [-0.3, -0.25) is 0 Å². The Bertz CT molecular complexity index is 401. The Balaban J connectivity index is 3.22. The van der Waals surface area contributed by atoms with Crippen LogP contribution in [0.5, 0.6) is 0 Å². The van der Waals surface area contributed by atoms with Crippen LogP contribution in [0.15, 0.2) is 28.1 Å². The zero-order chi connectivity index (χ0) is 9.68. The van der Waals surface area contributed by atoms with Gasteiger partial charge in [0.25, 0.3) is 0 Å². The Kier molecular flexibility index (Phi) is 3.66. The number of rotatable bonds is 2. The van der Waals surface area contributed by atoms with E-state index in [-0.39, 0.29) is 0 Å². The van der Waals surface area contributed by atoms with Crippen LogP contribution in [0.2, 0.25) is 0 Å². The summed E-state index contributed by atoms with van der Waals surface area (Å²) in [5.41, 5.74) is 1.40. The van der Waals surface area contributed by atoms with E-state index < -0.39 is 0 Å². The van der Waals surface area contributed by atoms with Crippen LogP contribution in [-0.2, 0) is 0 Å². The van der Waals surface area contributed by atoms with E-state index in [1.807, 2.05) is 12.3 Å². The molecule has 0 aliphatic heterocycles. The van der Waals surface area contributed by atoms with Crippen LogP contribution in [0.1, 0.15) is 5.56 Å². The molecule has 0 atom stereocenters. The van der Waals surface area contributed by atoms with E-state index in [2.05, 4.69) is 28.4 Å². The quantitative estimate of drug-likeness (QED) is 0.424. The number of thioether (sulfide) groups is 1. The lowest BCUT2D eigenvalue weighted by atomic mass is 10.2. The molecule has 0 amide bonds. The summed E-state index contributed by atoms with van der Waals surface area (Å²) in [5, 5.41) is 11.0. The Hall–Kier alpha value is -1.14. The summed E-state index contributed by atoms with van der Waals surface area (Å²) in [6, 6.07) is 7.41. The van der Waals surface area contributed by atoms with E-state index in [0.717, 1.165) is 10.6 Å². The van der Waals surface area contributed by atoms with Crippen LogP contribution in [0, 0.1) is 11.3 Å². The summed E-state index contributed by atoms with van der Waals surface area (Å²) < 4.78 is 0. The largest absolute Gasteiger partial charge is 0.195 e. The summed E-state index contributed by atoms with van der Waals surface area (Å²) in [5.74, 6) is 0. The van der Waals surface area contributed by atoms with Crippen molar-refractivity contribution in [3.63, 3.8) is 0 Å². The Labute approximate surface area is 86.3 Å². The lowest BCUT2D eigenvalue weighted by molar-refractivity contribution is 1.35. The number of benzene rings is 1. The second-order valence-corrected chi connectivity index (χ2v) is 3.23. The van der Waals surface area contributed by atoms with Gasteiger partial charge in [-0.05, 0) is 36.7 Å². The number of nitrogens with zero attached hydrogens (tertiary/aromatic N) is 2. The third-order valence-corrected chi connectivity index (χ3v) is 2.35. The molecule has 13 heavy (non-hydrogen) atoms. The van der Waals surface area contributed by atoms with Crippen molar-refractivity contribution in [3.8, 4) is 6.07 Å². The zero-order valence-electron chi connectivity index (χ0n) is 6.94. The maximum absolute atomic E-state index is 8.74. The van der Waals surface area contributed by atoms with E-state index in [1.54, 1.807) is 12.1 Å². The molecule has 0 aliphatic rings. The van der Waals surface area contributed by atoms with Crippen molar-refractivity contribution < 1.29 is 0 Å². The van der Waals surface area contributed by atoms with Crippen LogP contribution < -0.4 is 0 Å². The monoisotopic (exact) mass is 206 g/mol. The first-order valence-corrected chi connectivity index (χ1v) is 5.11. The highest BCUT2D eigenvalue weighted by Crippen LogP contribution is 2.24. The third kappa shape index (κ3) is 2.40. The van der Waals surface area contributed by atoms with Crippen molar-refractivity contribution >= 4 is 34.8 Å². The van der Waals surface area contributed by atoms with Crippen LogP contribution in [0.3, 0.4) is 0 Å². The summed E-state index contributed by atoms with van der Waals surface area (Å²) in [6.45, 7) is 0. The predicted octanol–water partition coefficient (Wildman–Crippen LogP) is 3.01. The minimum atomic E-state index is 0.663. The SMILES string of the molecule is CSc1cc(N=C=S)ccc1C#N. The third-order valence-electron chi connectivity index (χ3n) is 1.48. The normalized spacial score (nSPS) is 8.62. The number of hydrogen-bond acceptors (Lipinski definition) is 4. The van der Waals surface area contributed by atoms with Gasteiger partial charge in [-0.2, -0.15) is 10.3 Å². The molecule has 1 aromatic carbocycles. The van der Waals surface area contributed by atoms with Gasteiger partial charge in [-0.15, -0.1) is 11.8 Å². The van der Waals surface area contributed by atoms with E-state index in [4.69, 9.17) is 5.26 Å². The molecule has 0 aliphatic carbocycles. The molecular formula is C9H6N2S2. The van der Waals surface area contributed by atoms with E-state index in [1.165, 1.54) is 11.8 Å². The minimum Gasteiger partial charge on any atom is -0.195 e. The highest BCUT2D eigenvalue weighted by Gasteiger charge is 2.00. The second kappa shape index (κ2) is 4.78. The van der Waals surface area contributed by atoms with Crippen molar-refractivity contribution in [2.75, 3.05) is 6.26 Å². The Morgan fingerprint density at radius 2 is 2.31 bits per heavy atom. The lowest BCUT2D eigenvalue weighted by Gasteiger charge is -1.99. The molecule has 0 saturated heterocycles. The molecule has 1 aromatic rings. The molecule has 0 heterocycles.